The number of carbonyl (C=O) groups excluding carboxylic acids is 1. The van der Waals surface area contributed by atoms with Crippen molar-refractivity contribution < 1.29 is 9.53 Å². The van der Waals surface area contributed by atoms with Crippen LogP contribution < -0.4 is 20.7 Å². The molecule has 0 bridgehead atoms. The van der Waals surface area contributed by atoms with E-state index < -0.39 is 0 Å². The Morgan fingerprint density at radius 3 is 2.65 bits per heavy atom. The predicted octanol–water partition coefficient (Wildman–Crippen LogP) is 3.86. The van der Waals surface area contributed by atoms with Gasteiger partial charge < -0.3 is 20.7 Å². The number of aromatic nitrogens is 3. The van der Waals surface area contributed by atoms with Gasteiger partial charge in [0.15, 0.2) is 11.5 Å². The van der Waals surface area contributed by atoms with E-state index in [9.17, 15) is 4.79 Å². The number of piperazine rings is 1. The molecule has 0 radical (unpaired) electrons. The number of halogens is 2. The van der Waals surface area contributed by atoms with Crippen LogP contribution in [0.5, 0.6) is 5.75 Å². The third-order valence-electron chi connectivity index (χ3n) is 6.21. The maximum atomic E-state index is 12.5. The average Bonchev–Trinajstić information content (AvgIpc) is 3.35. The lowest BCUT2D eigenvalue weighted by Gasteiger charge is -2.27. The van der Waals surface area contributed by atoms with E-state index in [1.165, 1.54) is 0 Å². The minimum absolute atomic E-state index is 0. The fourth-order valence-electron chi connectivity index (χ4n) is 4.25. The standard InChI is InChI=1S/C26H28ClN7O2.ClH/c1-36-23-7-4-19(16-21(23)27)22-17-31-25-24(29-11-15-34(22)25)32-20-5-2-18(3-6-20)26(35)30-10-14-33-12-8-28-9-13-33;/h2-7,11,15-17,28H,8-10,12-14H2,1H3,(H,29,32)(H,30,35);1H. The number of methoxy groups -OCH3 is 1. The topological polar surface area (TPSA) is 95.8 Å². The molecule has 2 aromatic carbocycles. The molecule has 5 rings (SSSR count). The molecule has 1 saturated heterocycles. The van der Waals surface area contributed by atoms with Crippen molar-refractivity contribution in [2.75, 3.05) is 51.7 Å². The molecule has 37 heavy (non-hydrogen) atoms. The van der Waals surface area contributed by atoms with Crippen LogP contribution in [0, 0.1) is 0 Å². The molecule has 4 aromatic rings. The molecule has 2 aromatic heterocycles. The Morgan fingerprint density at radius 2 is 1.92 bits per heavy atom. The van der Waals surface area contributed by atoms with Crippen molar-refractivity contribution in [3.8, 4) is 17.0 Å². The summed E-state index contributed by atoms with van der Waals surface area (Å²) in [5.41, 5.74) is 3.90. The molecule has 3 N–H and O–H groups in total. The second kappa shape index (κ2) is 12.2. The summed E-state index contributed by atoms with van der Waals surface area (Å²) in [6.45, 7) is 5.53. The smallest absolute Gasteiger partial charge is 0.251 e. The zero-order chi connectivity index (χ0) is 24.9. The minimum Gasteiger partial charge on any atom is -0.495 e. The van der Waals surface area contributed by atoms with Gasteiger partial charge in [-0.25, -0.2) is 9.97 Å². The fraction of sp³-hybridized carbons (Fsp3) is 0.269. The molecule has 9 nitrogen and oxygen atoms in total. The van der Waals surface area contributed by atoms with Crippen LogP contribution >= 0.6 is 24.0 Å². The van der Waals surface area contributed by atoms with Gasteiger partial charge in [0.2, 0.25) is 0 Å². The third-order valence-corrected chi connectivity index (χ3v) is 6.50. The monoisotopic (exact) mass is 541 g/mol. The van der Waals surface area contributed by atoms with Gasteiger partial charge in [-0.2, -0.15) is 0 Å². The highest BCUT2D eigenvalue weighted by Gasteiger charge is 2.13. The van der Waals surface area contributed by atoms with E-state index >= 15 is 0 Å². The number of ether oxygens (including phenoxy) is 1. The zero-order valence-electron chi connectivity index (χ0n) is 20.4. The molecule has 1 aliphatic rings. The molecular weight excluding hydrogens is 513 g/mol. The van der Waals surface area contributed by atoms with Crippen molar-refractivity contribution in [2.24, 2.45) is 0 Å². The molecule has 3 heterocycles. The molecule has 1 fully saturated rings. The summed E-state index contributed by atoms with van der Waals surface area (Å²) in [5.74, 6) is 1.15. The molecule has 0 spiro atoms. The second-order valence-electron chi connectivity index (χ2n) is 8.51. The number of fused-ring (bicyclic) bond motifs is 1. The number of benzene rings is 2. The summed E-state index contributed by atoms with van der Waals surface area (Å²) < 4.78 is 7.21. The Bertz CT molecular complexity index is 1360. The van der Waals surface area contributed by atoms with Gasteiger partial charge >= 0.3 is 0 Å². The Kier molecular flexibility index (Phi) is 8.83. The largest absolute Gasteiger partial charge is 0.495 e. The number of nitrogens with one attached hydrogen (secondary N) is 3. The van der Waals surface area contributed by atoms with Gasteiger partial charge in [-0.3, -0.25) is 14.1 Å². The van der Waals surface area contributed by atoms with Crippen LogP contribution in [0.2, 0.25) is 5.02 Å². The van der Waals surface area contributed by atoms with E-state index in [4.69, 9.17) is 16.3 Å². The first kappa shape index (κ1) is 26.7. The Labute approximate surface area is 226 Å². The lowest BCUT2D eigenvalue weighted by molar-refractivity contribution is 0.0947. The summed E-state index contributed by atoms with van der Waals surface area (Å²) in [5, 5.41) is 10.2. The summed E-state index contributed by atoms with van der Waals surface area (Å²) in [6, 6.07) is 13.0. The van der Waals surface area contributed by atoms with Crippen molar-refractivity contribution in [1.29, 1.82) is 0 Å². The summed E-state index contributed by atoms with van der Waals surface area (Å²) in [7, 11) is 1.59. The van der Waals surface area contributed by atoms with Crippen molar-refractivity contribution >= 4 is 47.1 Å². The van der Waals surface area contributed by atoms with E-state index in [-0.39, 0.29) is 18.3 Å². The van der Waals surface area contributed by atoms with Crippen LogP contribution in [-0.2, 0) is 0 Å². The van der Waals surface area contributed by atoms with Crippen LogP contribution in [0.25, 0.3) is 16.9 Å². The van der Waals surface area contributed by atoms with Gasteiger partial charge in [-0.1, -0.05) is 11.6 Å². The average molecular weight is 542 g/mol. The van der Waals surface area contributed by atoms with Gasteiger partial charge in [0.1, 0.15) is 5.75 Å². The highest BCUT2D eigenvalue weighted by molar-refractivity contribution is 6.32. The number of imidazole rings is 1. The zero-order valence-corrected chi connectivity index (χ0v) is 22.0. The minimum atomic E-state index is -0.0760. The van der Waals surface area contributed by atoms with Gasteiger partial charge in [-0.15, -0.1) is 12.4 Å². The van der Waals surface area contributed by atoms with Crippen molar-refractivity contribution in [1.82, 2.24) is 29.9 Å². The van der Waals surface area contributed by atoms with E-state index in [2.05, 4.69) is 30.8 Å². The van der Waals surface area contributed by atoms with Crippen molar-refractivity contribution in [3.63, 3.8) is 0 Å². The van der Waals surface area contributed by atoms with Crippen molar-refractivity contribution in [3.05, 3.63) is 71.6 Å². The Morgan fingerprint density at radius 1 is 1.14 bits per heavy atom. The van der Waals surface area contributed by atoms with Crippen molar-refractivity contribution in [2.45, 2.75) is 0 Å². The van der Waals surface area contributed by atoms with Gasteiger partial charge in [0.05, 0.1) is 24.0 Å². The molecule has 0 aliphatic carbocycles. The van der Waals surface area contributed by atoms with Gasteiger partial charge in [0.25, 0.3) is 5.91 Å². The van der Waals surface area contributed by atoms with Crippen LogP contribution in [-0.4, -0.2) is 71.6 Å². The molecule has 194 valence electrons. The first-order chi connectivity index (χ1) is 17.6. The second-order valence-corrected chi connectivity index (χ2v) is 8.92. The van der Waals surface area contributed by atoms with E-state index in [1.54, 1.807) is 31.6 Å². The summed E-state index contributed by atoms with van der Waals surface area (Å²) in [6.07, 6.45) is 5.36. The fourth-order valence-corrected chi connectivity index (χ4v) is 4.51. The van der Waals surface area contributed by atoms with Crippen LogP contribution in [0.1, 0.15) is 10.4 Å². The van der Waals surface area contributed by atoms with Crippen LogP contribution in [0.4, 0.5) is 11.5 Å². The third kappa shape index (κ3) is 6.14. The number of hydrogen-bond donors (Lipinski definition) is 3. The lowest BCUT2D eigenvalue weighted by Crippen LogP contribution is -2.46. The Balaban J connectivity index is 0.00000320. The van der Waals surface area contributed by atoms with Crippen LogP contribution in [0.3, 0.4) is 0 Å². The SMILES string of the molecule is COc1ccc(-c2cnc3c(Nc4ccc(C(=O)NCCN5CCNCC5)cc4)nccn23)cc1Cl.Cl. The van der Waals surface area contributed by atoms with Crippen LogP contribution in [0.15, 0.2) is 61.1 Å². The number of hydrogen-bond acceptors (Lipinski definition) is 7. The first-order valence-corrected chi connectivity index (χ1v) is 12.2. The molecule has 11 heteroatoms. The summed E-state index contributed by atoms with van der Waals surface area (Å²) in [4.78, 5) is 23.9. The quantitative estimate of drug-likeness (QED) is 0.311. The molecule has 1 aliphatic heterocycles. The highest BCUT2D eigenvalue weighted by atomic mass is 35.5. The Hall–Kier alpha value is -3.37. The molecule has 0 atom stereocenters. The number of rotatable bonds is 8. The van der Waals surface area contributed by atoms with E-state index in [0.29, 0.717) is 34.3 Å². The summed E-state index contributed by atoms with van der Waals surface area (Å²) >= 11 is 6.32. The lowest BCUT2D eigenvalue weighted by atomic mass is 10.1. The van der Waals surface area contributed by atoms with Gasteiger partial charge in [-0.05, 0) is 42.5 Å². The number of carbonyl (C=O) groups is 1. The molecule has 1 amide bonds. The number of nitrogens with zero attached hydrogens (tertiary/aromatic N) is 4. The number of anilines is 2. The maximum Gasteiger partial charge on any atom is 0.251 e. The molecule has 0 saturated carbocycles. The highest BCUT2D eigenvalue weighted by Crippen LogP contribution is 2.31. The molecule has 0 unspecified atom stereocenters. The first-order valence-electron chi connectivity index (χ1n) is 11.9. The van der Waals surface area contributed by atoms with E-state index in [1.807, 2.05) is 40.9 Å². The number of amides is 1. The van der Waals surface area contributed by atoms with Gasteiger partial charge in [0, 0.05) is 68.5 Å². The maximum absolute atomic E-state index is 12.5. The predicted molar refractivity (Wildman–Crippen MR) is 149 cm³/mol. The molecular formula is C26H29Cl2N7O2. The normalized spacial score (nSPS) is 13.7. The van der Waals surface area contributed by atoms with E-state index in [0.717, 1.165) is 49.7 Å².